The van der Waals surface area contributed by atoms with Gasteiger partial charge in [0.25, 0.3) is 0 Å². The molecule has 0 amide bonds. The van der Waals surface area contributed by atoms with E-state index in [0.29, 0.717) is 45.8 Å². The highest BCUT2D eigenvalue weighted by Gasteiger charge is 2.25. The van der Waals surface area contributed by atoms with Crippen molar-refractivity contribution in [3.8, 4) is 0 Å². The zero-order chi connectivity index (χ0) is 27.3. The topological polar surface area (TPSA) is 134 Å². The number of rotatable bonds is 18. The van der Waals surface area contributed by atoms with E-state index in [0.717, 1.165) is 19.3 Å². The van der Waals surface area contributed by atoms with Gasteiger partial charge in [-0.3, -0.25) is 29.1 Å². The Labute approximate surface area is 223 Å². The van der Waals surface area contributed by atoms with Gasteiger partial charge in [-0.25, -0.2) is 0 Å². The lowest BCUT2D eigenvalue weighted by Gasteiger charge is -2.36. The maximum absolute atomic E-state index is 11.6. The fourth-order valence-electron chi connectivity index (χ4n) is 5.05. The van der Waals surface area contributed by atoms with Crippen molar-refractivity contribution in [3.63, 3.8) is 0 Å². The van der Waals surface area contributed by atoms with Crippen LogP contribution in [0.15, 0.2) is 0 Å². The third kappa shape index (κ3) is 18.2. The van der Waals surface area contributed by atoms with E-state index in [1.54, 1.807) is 0 Å². The molecule has 1 heterocycles. The van der Waals surface area contributed by atoms with Crippen LogP contribution in [0.5, 0.6) is 0 Å². The van der Waals surface area contributed by atoms with Crippen LogP contribution in [-0.2, 0) is 14.4 Å². The Kier molecular flexibility index (Phi) is 19.1. The van der Waals surface area contributed by atoms with Crippen molar-refractivity contribution in [3.05, 3.63) is 0 Å². The van der Waals surface area contributed by atoms with Crippen LogP contribution < -0.4 is 5.32 Å². The fraction of sp³-hybridized carbons (Fsp3) is 0.889. The SMILES string of the molecule is CCCCCCCCCCCCCC1CN(CC(=O)O)CCN(CC(=O)O)CCNCCN1CC(=O)O. The van der Waals surface area contributed by atoms with Crippen molar-refractivity contribution < 1.29 is 29.7 Å². The molecule has 0 spiro atoms. The molecule has 0 saturated carbocycles. The van der Waals surface area contributed by atoms with Crippen LogP contribution in [0.25, 0.3) is 0 Å². The molecule has 0 aromatic carbocycles. The molecule has 0 radical (unpaired) electrons. The Morgan fingerprint density at radius 2 is 1.14 bits per heavy atom. The molecule has 10 heteroatoms. The molecule has 1 rings (SSSR count). The van der Waals surface area contributed by atoms with Crippen LogP contribution in [0, 0.1) is 0 Å². The minimum Gasteiger partial charge on any atom is -0.480 e. The van der Waals surface area contributed by atoms with E-state index in [1.807, 2.05) is 14.7 Å². The van der Waals surface area contributed by atoms with Gasteiger partial charge in [0.05, 0.1) is 19.6 Å². The number of aliphatic carboxylic acids is 3. The molecule has 216 valence electrons. The van der Waals surface area contributed by atoms with Crippen LogP contribution in [0.3, 0.4) is 0 Å². The Morgan fingerprint density at radius 1 is 0.649 bits per heavy atom. The highest BCUT2D eigenvalue weighted by molar-refractivity contribution is 5.70. The van der Waals surface area contributed by atoms with Gasteiger partial charge < -0.3 is 20.6 Å². The average Bonchev–Trinajstić information content (AvgIpc) is 2.82. The second-order valence-electron chi connectivity index (χ2n) is 10.4. The van der Waals surface area contributed by atoms with Crippen molar-refractivity contribution in [2.24, 2.45) is 0 Å². The predicted molar refractivity (Wildman–Crippen MR) is 145 cm³/mol. The van der Waals surface area contributed by atoms with Gasteiger partial charge in [-0.05, 0) is 6.42 Å². The maximum atomic E-state index is 11.6. The number of hydrogen-bond donors (Lipinski definition) is 4. The summed E-state index contributed by atoms with van der Waals surface area (Å²) in [7, 11) is 0. The van der Waals surface area contributed by atoms with Gasteiger partial charge in [0.15, 0.2) is 0 Å². The zero-order valence-electron chi connectivity index (χ0n) is 23.0. The first kappa shape index (κ1) is 33.3. The third-order valence-electron chi connectivity index (χ3n) is 7.10. The number of nitrogens with one attached hydrogen (secondary N) is 1. The van der Waals surface area contributed by atoms with Crippen molar-refractivity contribution >= 4 is 17.9 Å². The minimum absolute atomic E-state index is 0.0665. The lowest BCUT2D eigenvalue weighted by Crippen LogP contribution is -2.52. The number of carboxylic acid groups (broad SMARTS) is 3. The van der Waals surface area contributed by atoms with E-state index >= 15 is 0 Å². The second kappa shape index (κ2) is 21.2. The van der Waals surface area contributed by atoms with E-state index in [9.17, 15) is 29.7 Å². The molecule has 37 heavy (non-hydrogen) atoms. The first-order valence-corrected chi connectivity index (χ1v) is 14.4. The first-order chi connectivity index (χ1) is 17.8. The molecule has 10 nitrogen and oxygen atoms in total. The number of hydrogen-bond acceptors (Lipinski definition) is 7. The van der Waals surface area contributed by atoms with E-state index in [-0.39, 0.29) is 25.7 Å². The van der Waals surface area contributed by atoms with Crippen molar-refractivity contribution in [1.29, 1.82) is 0 Å². The number of unbranched alkanes of at least 4 members (excludes halogenated alkanes) is 10. The molecule has 1 saturated heterocycles. The molecular weight excluding hydrogens is 476 g/mol. The molecule has 1 aliphatic heterocycles. The van der Waals surface area contributed by atoms with Crippen LogP contribution >= 0.6 is 0 Å². The van der Waals surface area contributed by atoms with Crippen LogP contribution in [0.2, 0.25) is 0 Å². The summed E-state index contributed by atoms with van der Waals surface area (Å²) in [4.78, 5) is 40.1. The lowest BCUT2D eigenvalue weighted by atomic mass is 10.0. The standard InChI is InChI=1S/C27H52N4O6/c1-2-3-4-5-6-7-8-9-10-11-12-13-24-20-30(22-26(34)35)19-18-29(21-25(32)33)16-14-28-15-17-31(24)23-27(36)37/h24,28H,2-23H2,1H3,(H,32,33)(H,34,35)(H,36,37). The van der Waals surface area contributed by atoms with Gasteiger partial charge in [0.2, 0.25) is 0 Å². The molecule has 1 unspecified atom stereocenters. The lowest BCUT2D eigenvalue weighted by molar-refractivity contribution is -0.141. The number of carboxylic acids is 3. The zero-order valence-corrected chi connectivity index (χ0v) is 23.0. The first-order valence-electron chi connectivity index (χ1n) is 14.4. The smallest absolute Gasteiger partial charge is 0.317 e. The molecule has 4 N–H and O–H groups in total. The summed E-state index contributed by atoms with van der Waals surface area (Å²) >= 11 is 0. The van der Waals surface area contributed by atoms with Crippen molar-refractivity contribution in [2.75, 3.05) is 65.4 Å². The van der Waals surface area contributed by atoms with Gasteiger partial charge in [0.1, 0.15) is 0 Å². The minimum atomic E-state index is -0.934. The van der Waals surface area contributed by atoms with E-state index in [1.165, 1.54) is 57.8 Å². The number of carbonyl (C=O) groups is 3. The second-order valence-corrected chi connectivity index (χ2v) is 10.4. The van der Waals surface area contributed by atoms with Gasteiger partial charge in [0, 0.05) is 51.9 Å². The molecule has 0 aromatic rings. The monoisotopic (exact) mass is 528 g/mol. The largest absolute Gasteiger partial charge is 0.480 e. The summed E-state index contributed by atoms with van der Waals surface area (Å²) in [5, 5.41) is 31.5. The Bertz CT molecular complexity index is 636. The van der Waals surface area contributed by atoms with E-state index in [2.05, 4.69) is 12.2 Å². The third-order valence-corrected chi connectivity index (χ3v) is 7.10. The highest BCUT2D eigenvalue weighted by Crippen LogP contribution is 2.16. The number of nitrogens with zero attached hydrogens (tertiary/aromatic N) is 3. The van der Waals surface area contributed by atoms with Crippen LogP contribution in [0.4, 0.5) is 0 Å². The van der Waals surface area contributed by atoms with Gasteiger partial charge in [-0.2, -0.15) is 0 Å². The van der Waals surface area contributed by atoms with E-state index in [4.69, 9.17) is 0 Å². The normalized spacial score (nSPS) is 19.2. The van der Waals surface area contributed by atoms with Crippen molar-refractivity contribution in [1.82, 2.24) is 20.0 Å². The summed E-state index contributed by atoms with van der Waals surface area (Å²) < 4.78 is 0. The van der Waals surface area contributed by atoms with Crippen molar-refractivity contribution in [2.45, 2.75) is 90.0 Å². The summed E-state index contributed by atoms with van der Waals surface area (Å²) in [6, 6.07) is -0.0665. The van der Waals surface area contributed by atoms with Crippen LogP contribution in [0.1, 0.15) is 84.0 Å². The van der Waals surface area contributed by atoms with Gasteiger partial charge in [-0.15, -0.1) is 0 Å². The Balaban J connectivity index is 2.68. The molecule has 0 aromatic heterocycles. The van der Waals surface area contributed by atoms with E-state index < -0.39 is 17.9 Å². The molecular formula is C27H52N4O6. The summed E-state index contributed by atoms with van der Waals surface area (Å²) in [5.41, 5.74) is 0. The molecule has 0 bridgehead atoms. The highest BCUT2D eigenvalue weighted by atomic mass is 16.4. The molecule has 1 fully saturated rings. The Hall–Kier alpha value is -1.75. The fourth-order valence-corrected chi connectivity index (χ4v) is 5.05. The summed E-state index contributed by atoms with van der Waals surface area (Å²) in [6.07, 6.45) is 14.5. The maximum Gasteiger partial charge on any atom is 0.317 e. The van der Waals surface area contributed by atoms with Crippen LogP contribution in [-0.4, -0.2) is 119 Å². The summed E-state index contributed by atoms with van der Waals surface area (Å²) in [6.45, 7) is 5.54. The van der Waals surface area contributed by atoms with Gasteiger partial charge in [-0.1, -0.05) is 77.6 Å². The molecule has 1 atom stereocenters. The molecule has 0 aliphatic carbocycles. The molecule has 1 aliphatic rings. The summed E-state index contributed by atoms with van der Waals surface area (Å²) in [5.74, 6) is -2.72. The Morgan fingerprint density at radius 3 is 1.70 bits per heavy atom. The van der Waals surface area contributed by atoms with Gasteiger partial charge >= 0.3 is 17.9 Å². The average molecular weight is 529 g/mol. The quantitative estimate of drug-likeness (QED) is 0.197. The predicted octanol–water partition coefficient (Wildman–Crippen LogP) is 2.82.